The number of aliphatic carboxylic acids is 1. The number of carboxylic acids is 1. The molecule has 7 nitrogen and oxygen atoms in total. The summed E-state index contributed by atoms with van der Waals surface area (Å²) in [4.78, 5) is 21.7. The topological polar surface area (TPSA) is 135 Å². The Bertz CT molecular complexity index is 607. The maximum Gasteiger partial charge on any atom is 0.314 e. The lowest BCUT2D eigenvalue weighted by molar-refractivity contribution is -0.139. The second-order valence-corrected chi connectivity index (χ2v) is 4.96. The van der Waals surface area contributed by atoms with Crippen LogP contribution in [0.5, 0.6) is 0 Å². The van der Waals surface area contributed by atoms with E-state index in [2.05, 4.69) is 6.07 Å². The number of carbonyl (C=O) groups excluding carboxylic acids is 1. The van der Waals surface area contributed by atoms with Gasteiger partial charge in [0.15, 0.2) is 5.78 Å². The van der Waals surface area contributed by atoms with Gasteiger partial charge in [0, 0.05) is 5.56 Å². The Kier molecular flexibility index (Phi) is 3.73. The first kappa shape index (κ1) is 14.1. The first-order valence-corrected chi connectivity index (χ1v) is 6.14. The molecule has 8 heteroatoms. The largest absolute Gasteiger partial charge is 0.481 e. The van der Waals surface area contributed by atoms with Crippen LogP contribution >= 0.6 is 0 Å². The molecule has 0 spiro atoms. The monoisotopic (exact) mass is 272 g/mol. The van der Waals surface area contributed by atoms with Crippen molar-refractivity contribution in [2.24, 2.45) is 5.92 Å². The summed E-state index contributed by atoms with van der Waals surface area (Å²) in [6.07, 6.45) is 0. The number of Topliss-reactive ketones (excluding diaryl/α,β-unsaturated/α-hetero) is 1. The average Bonchev–Trinajstić information content (AvgIpc) is 2.24. The molecule has 97 valence electrons. The molecule has 0 bridgehead atoms. The van der Waals surface area contributed by atoms with Crippen LogP contribution in [0.4, 0.5) is 5.69 Å². The summed E-state index contributed by atoms with van der Waals surface area (Å²) >= 11 is 0. The van der Waals surface area contributed by atoms with E-state index in [1.165, 1.54) is 6.92 Å². The van der Waals surface area contributed by atoms with Crippen LogP contribution in [0.2, 0.25) is 0 Å². The fourth-order valence-corrected chi connectivity index (χ4v) is 1.77. The third-order valence-electron chi connectivity index (χ3n) is 2.25. The van der Waals surface area contributed by atoms with Crippen LogP contribution in [0.3, 0.4) is 0 Å². The predicted octanol–water partition coefficient (Wildman–Crippen LogP) is 0.219. The Hall–Kier alpha value is -1.93. The number of carboxylic acid groups (broad SMARTS) is 1. The molecule has 0 saturated heterocycles. The van der Waals surface area contributed by atoms with E-state index in [4.69, 9.17) is 15.4 Å². The molecule has 1 aromatic carbocycles. The van der Waals surface area contributed by atoms with Gasteiger partial charge in [-0.05, 0) is 25.1 Å². The van der Waals surface area contributed by atoms with Gasteiger partial charge >= 0.3 is 5.97 Å². The van der Waals surface area contributed by atoms with Gasteiger partial charge in [-0.15, -0.1) is 0 Å². The number of benzene rings is 1. The summed E-state index contributed by atoms with van der Waals surface area (Å²) in [5.41, 5.74) is 4.86. The SMILES string of the molecule is CC(C(=O)O)C(=O)c1[c]cc(S(=O)(=O)O)c(N)c1. The molecule has 0 heterocycles. The molecule has 0 amide bonds. The van der Waals surface area contributed by atoms with Gasteiger partial charge in [-0.1, -0.05) is 0 Å². The fourth-order valence-electron chi connectivity index (χ4n) is 1.21. The zero-order valence-corrected chi connectivity index (χ0v) is 10.1. The molecule has 1 radical (unpaired) electrons. The Morgan fingerprint density at radius 2 is 2.00 bits per heavy atom. The lowest BCUT2D eigenvalue weighted by Crippen LogP contribution is -2.21. The summed E-state index contributed by atoms with van der Waals surface area (Å²) in [6.45, 7) is 1.19. The highest BCUT2D eigenvalue weighted by molar-refractivity contribution is 7.86. The highest BCUT2D eigenvalue weighted by atomic mass is 32.2. The van der Waals surface area contributed by atoms with Crippen molar-refractivity contribution >= 4 is 27.6 Å². The van der Waals surface area contributed by atoms with E-state index >= 15 is 0 Å². The number of nitrogens with two attached hydrogens (primary N) is 1. The van der Waals surface area contributed by atoms with Crippen molar-refractivity contribution < 1.29 is 27.7 Å². The highest BCUT2D eigenvalue weighted by Crippen LogP contribution is 2.20. The number of anilines is 1. The minimum absolute atomic E-state index is 0.158. The van der Waals surface area contributed by atoms with E-state index in [9.17, 15) is 18.0 Å². The number of carbonyl (C=O) groups is 2. The van der Waals surface area contributed by atoms with E-state index in [0.29, 0.717) is 0 Å². The summed E-state index contributed by atoms with van der Waals surface area (Å²) in [7, 11) is -4.50. The summed E-state index contributed by atoms with van der Waals surface area (Å²) < 4.78 is 30.5. The van der Waals surface area contributed by atoms with Crippen LogP contribution in [0.1, 0.15) is 17.3 Å². The number of hydrogen-bond donors (Lipinski definition) is 3. The number of ketones is 1. The second-order valence-electron chi connectivity index (χ2n) is 3.57. The first-order chi connectivity index (χ1) is 8.14. The lowest BCUT2D eigenvalue weighted by atomic mass is 9.99. The molecule has 1 aromatic rings. The smallest absolute Gasteiger partial charge is 0.314 e. The molecule has 1 atom stereocenters. The Balaban J connectivity index is 3.21. The van der Waals surface area contributed by atoms with E-state index in [-0.39, 0.29) is 11.3 Å². The van der Waals surface area contributed by atoms with Crippen molar-refractivity contribution in [1.82, 2.24) is 0 Å². The first-order valence-electron chi connectivity index (χ1n) is 4.70. The van der Waals surface area contributed by atoms with Crippen molar-refractivity contribution in [2.45, 2.75) is 11.8 Å². The maximum atomic E-state index is 11.6. The molecule has 1 rings (SSSR count). The van der Waals surface area contributed by atoms with E-state index in [0.717, 1.165) is 12.1 Å². The molecular formula is C10H10NO6S. The molecule has 1 unspecified atom stereocenters. The average molecular weight is 272 g/mol. The van der Waals surface area contributed by atoms with Crippen molar-refractivity contribution in [3.8, 4) is 0 Å². The molecule has 18 heavy (non-hydrogen) atoms. The predicted molar refractivity (Wildman–Crippen MR) is 60.6 cm³/mol. The van der Waals surface area contributed by atoms with Crippen molar-refractivity contribution in [3.63, 3.8) is 0 Å². The molecule has 4 N–H and O–H groups in total. The quantitative estimate of drug-likeness (QED) is 0.309. The Labute approximate surface area is 103 Å². The second kappa shape index (κ2) is 4.75. The third kappa shape index (κ3) is 2.84. The van der Waals surface area contributed by atoms with Crippen LogP contribution in [0.15, 0.2) is 17.0 Å². The molecule has 0 saturated carbocycles. The minimum atomic E-state index is -4.50. The zero-order chi connectivity index (χ0) is 14.1. The van der Waals surface area contributed by atoms with Gasteiger partial charge in [0.2, 0.25) is 0 Å². The van der Waals surface area contributed by atoms with Crippen molar-refractivity contribution in [3.05, 3.63) is 23.8 Å². The van der Waals surface area contributed by atoms with Crippen molar-refractivity contribution in [1.29, 1.82) is 0 Å². The van der Waals surface area contributed by atoms with E-state index < -0.39 is 32.7 Å². The van der Waals surface area contributed by atoms with Gasteiger partial charge in [-0.2, -0.15) is 8.42 Å². The molecule has 0 aliphatic heterocycles. The molecule has 0 aliphatic carbocycles. The number of rotatable bonds is 4. The Morgan fingerprint density at radius 3 is 2.39 bits per heavy atom. The van der Waals surface area contributed by atoms with Gasteiger partial charge in [0.1, 0.15) is 10.8 Å². The van der Waals surface area contributed by atoms with Gasteiger partial charge in [-0.25, -0.2) is 0 Å². The highest BCUT2D eigenvalue weighted by Gasteiger charge is 2.24. The van der Waals surface area contributed by atoms with Crippen molar-refractivity contribution in [2.75, 3.05) is 5.73 Å². The van der Waals surface area contributed by atoms with Crippen LogP contribution in [0.25, 0.3) is 0 Å². The third-order valence-corrected chi connectivity index (χ3v) is 3.16. The van der Waals surface area contributed by atoms with Crippen LogP contribution in [-0.4, -0.2) is 29.8 Å². The van der Waals surface area contributed by atoms with E-state index in [1.54, 1.807) is 0 Å². The van der Waals surface area contributed by atoms with Crippen LogP contribution < -0.4 is 5.73 Å². The fraction of sp³-hybridized carbons (Fsp3) is 0.200. The standard InChI is InChI=1S/C10H10NO6S/c1-5(10(13)14)9(12)6-2-3-8(7(11)4-6)18(15,16)17/h3-5H,11H2,1H3,(H,13,14)(H,15,16,17). The summed E-state index contributed by atoms with van der Waals surface area (Å²) in [5.74, 6) is -3.36. The van der Waals surface area contributed by atoms with Gasteiger partial charge in [0.25, 0.3) is 10.1 Å². The molecule has 0 aliphatic rings. The van der Waals surface area contributed by atoms with E-state index in [1.807, 2.05) is 0 Å². The summed E-state index contributed by atoms with van der Waals surface area (Å²) in [5, 5.41) is 8.67. The minimum Gasteiger partial charge on any atom is -0.481 e. The van der Waals surface area contributed by atoms with Gasteiger partial charge < -0.3 is 10.8 Å². The zero-order valence-electron chi connectivity index (χ0n) is 9.25. The van der Waals surface area contributed by atoms with Crippen LogP contribution in [0, 0.1) is 12.0 Å². The van der Waals surface area contributed by atoms with Gasteiger partial charge in [0.05, 0.1) is 5.69 Å². The normalized spacial score (nSPS) is 13.0. The molecular weight excluding hydrogens is 262 g/mol. The molecule has 0 fully saturated rings. The van der Waals surface area contributed by atoms with Gasteiger partial charge in [-0.3, -0.25) is 14.1 Å². The lowest BCUT2D eigenvalue weighted by Gasteiger charge is -2.07. The maximum absolute atomic E-state index is 11.6. The number of nitrogen functional groups attached to an aromatic ring is 1. The molecule has 0 aromatic heterocycles. The Morgan fingerprint density at radius 1 is 1.44 bits per heavy atom. The number of hydrogen-bond acceptors (Lipinski definition) is 5. The van der Waals surface area contributed by atoms with Crippen LogP contribution in [-0.2, 0) is 14.9 Å². The summed E-state index contributed by atoms with van der Waals surface area (Å²) in [6, 6.07) is 4.08.